The van der Waals surface area contributed by atoms with Crippen LogP contribution in [0.25, 0.3) is 0 Å². The summed E-state index contributed by atoms with van der Waals surface area (Å²) in [6.07, 6.45) is 9.61. The molecule has 0 amide bonds. The zero-order valence-electron chi connectivity index (χ0n) is 15.0. The monoisotopic (exact) mass is 319 g/mol. The molecule has 2 saturated heterocycles. The van der Waals surface area contributed by atoms with E-state index in [0.29, 0.717) is 6.04 Å². The van der Waals surface area contributed by atoms with Crippen molar-refractivity contribution >= 4 is 0 Å². The van der Waals surface area contributed by atoms with Crippen molar-refractivity contribution in [1.82, 2.24) is 24.8 Å². The van der Waals surface area contributed by atoms with Gasteiger partial charge in [0.2, 0.25) is 0 Å². The lowest BCUT2D eigenvalue weighted by Crippen LogP contribution is -2.43. The molecule has 0 aliphatic carbocycles. The second kappa shape index (κ2) is 8.25. The molecule has 5 heteroatoms. The first-order chi connectivity index (χ1) is 11.3. The van der Waals surface area contributed by atoms with Crippen LogP contribution in [0.3, 0.4) is 0 Å². The first-order valence-electron chi connectivity index (χ1n) is 9.64. The fourth-order valence-corrected chi connectivity index (χ4v) is 4.18. The lowest BCUT2D eigenvalue weighted by Gasteiger charge is -2.38. The maximum Gasteiger partial charge on any atom is 0.0827 e. The van der Waals surface area contributed by atoms with Gasteiger partial charge in [0, 0.05) is 32.4 Å². The Labute approximate surface area is 141 Å². The Hall–Kier alpha value is -0.940. The Bertz CT molecular complexity index is 464. The van der Waals surface area contributed by atoms with Crippen LogP contribution < -0.4 is 0 Å². The van der Waals surface area contributed by atoms with Gasteiger partial charge in [-0.3, -0.25) is 0 Å². The van der Waals surface area contributed by atoms with Gasteiger partial charge in [-0.2, -0.15) is 0 Å². The van der Waals surface area contributed by atoms with Crippen LogP contribution in [0.4, 0.5) is 0 Å². The standard InChI is InChI=1S/C18H33N5/c1-3-6-17-15-23(20-19-17)18-8-11-22(12-9-18)14-16-7-5-10-21(4-2)13-16/h15-16,18H,3-14H2,1-2H3. The average molecular weight is 319 g/mol. The number of hydrogen-bond acceptors (Lipinski definition) is 4. The zero-order chi connectivity index (χ0) is 16.1. The summed E-state index contributed by atoms with van der Waals surface area (Å²) < 4.78 is 2.13. The highest BCUT2D eigenvalue weighted by Gasteiger charge is 2.25. The molecule has 5 nitrogen and oxygen atoms in total. The third kappa shape index (κ3) is 4.54. The van der Waals surface area contributed by atoms with Crippen LogP contribution in [-0.4, -0.2) is 64.1 Å². The van der Waals surface area contributed by atoms with Crippen LogP contribution in [-0.2, 0) is 6.42 Å². The van der Waals surface area contributed by atoms with Crippen LogP contribution in [0.15, 0.2) is 6.20 Å². The van der Waals surface area contributed by atoms with Gasteiger partial charge < -0.3 is 9.80 Å². The summed E-state index contributed by atoms with van der Waals surface area (Å²) in [5.41, 5.74) is 1.15. The van der Waals surface area contributed by atoms with Crippen LogP contribution in [0.2, 0.25) is 0 Å². The van der Waals surface area contributed by atoms with Gasteiger partial charge in [-0.25, -0.2) is 4.68 Å². The molecule has 130 valence electrons. The molecule has 0 N–H and O–H groups in total. The minimum Gasteiger partial charge on any atom is -0.303 e. The molecular weight excluding hydrogens is 286 g/mol. The molecule has 2 aliphatic heterocycles. The van der Waals surface area contributed by atoms with Gasteiger partial charge in [0.25, 0.3) is 0 Å². The van der Waals surface area contributed by atoms with Crippen molar-refractivity contribution in [2.24, 2.45) is 5.92 Å². The number of rotatable bonds is 6. The van der Waals surface area contributed by atoms with Gasteiger partial charge in [-0.1, -0.05) is 25.5 Å². The highest BCUT2D eigenvalue weighted by atomic mass is 15.4. The Kier molecular flexibility index (Phi) is 6.06. The van der Waals surface area contributed by atoms with Crippen molar-refractivity contribution in [3.05, 3.63) is 11.9 Å². The molecule has 1 aromatic rings. The highest BCUT2D eigenvalue weighted by molar-refractivity contribution is 4.94. The molecule has 3 rings (SSSR count). The minimum absolute atomic E-state index is 0.558. The van der Waals surface area contributed by atoms with E-state index in [-0.39, 0.29) is 0 Å². The number of hydrogen-bond donors (Lipinski definition) is 0. The van der Waals surface area contributed by atoms with E-state index in [1.54, 1.807) is 0 Å². The van der Waals surface area contributed by atoms with E-state index in [4.69, 9.17) is 0 Å². The van der Waals surface area contributed by atoms with Crippen molar-refractivity contribution in [2.75, 3.05) is 39.3 Å². The van der Waals surface area contributed by atoms with Gasteiger partial charge in [0.05, 0.1) is 11.7 Å². The van der Waals surface area contributed by atoms with Gasteiger partial charge in [0.1, 0.15) is 0 Å². The summed E-state index contributed by atoms with van der Waals surface area (Å²) in [6, 6.07) is 0.558. The summed E-state index contributed by atoms with van der Waals surface area (Å²) in [4.78, 5) is 5.30. The van der Waals surface area contributed by atoms with E-state index in [1.807, 2.05) is 0 Å². The summed E-state index contributed by atoms with van der Waals surface area (Å²) in [7, 11) is 0. The summed E-state index contributed by atoms with van der Waals surface area (Å²) in [5, 5.41) is 8.67. The molecule has 3 heterocycles. The minimum atomic E-state index is 0.558. The zero-order valence-corrected chi connectivity index (χ0v) is 15.0. The second-order valence-corrected chi connectivity index (χ2v) is 7.37. The van der Waals surface area contributed by atoms with Crippen molar-refractivity contribution in [3.8, 4) is 0 Å². The Morgan fingerprint density at radius 2 is 1.91 bits per heavy atom. The lowest BCUT2D eigenvalue weighted by atomic mass is 9.96. The second-order valence-electron chi connectivity index (χ2n) is 7.37. The van der Waals surface area contributed by atoms with Gasteiger partial charge in [-0.05, 0) is 51.1 Å². The van der Waals surface area contributed by atoms with E-state index < -0.39 is 0 Å². The number of nitrogens with zero attached hydrogens (tertiary/aromatic N) is 5. The largest absolute Gasteiger partial charge is 0.303 e. The number of likely N-dealkylation sites (tertiary alicyclic amines) is 2. The molecule has 23 heavy (non-hydrogen) atoms. The summed E-state index contributed by atoms with van der Waals surface area (Å²) in [5.74, 6) is 0.878. The number of aromatic nitrogens is 3. The molecule has 0 aromatic carbocycles. The fourth-order valence-electron chi connectivity index (χ4n) is 4.18. The maximum atomic E-state index is 4.36. The third-order valence-electron chi connectivity index (χ3n) is 5.56. The van der Waals surface area contributed by atoms with Crippen molar-refractivity contribution in [3.63, 3.8) is 0 Å². The van der Waals surface area contributed by atoms with Crippen molar-refractivity contribution in [1.29, 1.82) is 0 Å². The third-order valence-corrected chi connectivity index (χ3v) is 5.56. The first-order valence-corrected chi connectivity index (χ1v) is 9.64. The van der Waals surface area contributed by atoms with E-state index in [2.05, 4.69) is 44.8 Å². The molecule has 0 radical (unpaired) electrons. The Morgan fingerprint density at radius 1 is 1.09 bits per heavy atom. The lowest BCUT2D eigenvalue weighted by molar-refractivity contribution is 0.111. The summed E-state index contributed by atoms with van der Waals surface area (Å²) >= 11 is 0. The molecular formula is C18H33N5. The molecule has 0 saturated carbocycles. The Morgan fingerprint density at radius 3 is 2.65 bits per heavy atom. The van der Waals surface area contributed by atoms with Gasteiger partial charge >= 0.3 is 0 Å². The quantitative estimate of drug-likeness (QED) is 0.808. The molecule has 0 spiro atoms. The number of piperidine rings is 2. The van der Waals surface area contributed by atoms with E-state index in [9.17, 15) is 0 Å². The van der Waals surface area contributed by atoms with Gasteiger partial charge in [-0.15, -0.1) is 5.10 Å². The van der Waals surface area contributed by atoms with Crippen molar-refractivity contribution < 1.29 is 0 Å². The first kappa shape index (κ1) is 16.9. The normalized spacial score (nSPS) is 25.0. The molecule has 1 atom stereocenters. The predicted molar refractivity (Wildman–Crippen MR) is 93.6 cm³/mol. The molecule has 2 aliphatic rings. The van der Waals surface area contributed by atoms with E-state index >= 15 is 0 Å². The van der Waals surface area contributed by atoms with E-state index in [0.717, 1.165) is 24.5 Å². The highest BCUT2D eigenvalue weighted by Crippen LogP contribution is 2.24. The predicted octanol–water partition coefficient (Wildman–Crippen LogP) is 2.60. The molecule has 0 bridgehead atoms. The fraction of sp³-hybridized carbons (Fsp3) is 0.889. The SMILES string of the molecule is CCCc1cn(C2CCN(CC3CCCN(CC)C3)CC2)nn1. The summed E-state index contributed by atoms with van der Waals surface area (Å²) in [6.45, 7) is 12.0. The van der Waals surface area contributed by atoms with Crippen LogP contribution in [0, 0.1) is 5.92 Å². The number of aryl methyl sites for hydroxylation is 1. The molecule has 1 unspecified atom stereocenters. The van der Waals surface area contributed by atoms with Gasteiger partial charge in [0.15, 0.2) is 0 Å². The van der Waals surface area contributed by atoms with Crippen LogP contribution >= 0.6 is 0 Å². The van der Waals surface area contributed by atoms with Crippen LogP contribution in [0.1, 0.15) is 57.7 Å². The Balaban J connectivity index is 1.44. The van der Waals surface area contributed by atoms with Crippen LogP contribution in [0.5, 0.6) is 0 Å². The smallest absolute Gasteiger partial charge is 0.0827 e. The van der Waals surface area contributed by atoms with E-state index in [1.165, 1.54) is 65.0 Å². The molecule has 1 aromatic heterocycles. The maximum absolute atomic E-state index is 4.36. The topological polar surface area (TPSA) is 37.2 Å². The average Bonchev–Trinajstić information content (AvgIpc) is 3.05. The van der Waals surface area contributed by atoms with Crippen molar-refractivity contribution in [2.45, 2.75) is 58.4 Å². The molecule has 2 fully saturated rings.